The molecule has 1 aromatic carbocycles. The van der Waals surface area contributed by atoms with Crippen LogP contribution in [-0.4, -0.2) is 23.5 Å². The van der Waals surface area contributed by atoms with Gasteiger partial charge in [0.2, 0.25) is 0 Å². The van der Waals surface area contributed by atoms with Crippen molar-refractivity contribution >= 4 is 28.9 Å². The van der Waals surface area contributed by atoms with E-state index in [-0.39, 0.29) is 11.5 Å². The molecule has 0 atom stereocenters. The predicted molar refractivity (Wildman–Crippen MR) is 77.8 cm³/mol. The number of thiophene rings is 1. The zero-order valence-electron chi connectivity index (χ0n) is 10.9. The standard InChI is InChI=1S/C15H13NO3S/c1-9-2-5-13(20-9)14(17)16-7-6-10-3-4-11(15(18)19)8-12(10)16/h2-5,8H,6-7H2,1H3,(H,18,19). The van der Waals surface area contributed by atoms with Crippen molar-refractivity contribution in [2.75, 3.05) is 11.4 Å². The highest BCUT2D eigenvalue weighted by molar-refractivity contribution is 7.14. The molecular formula is C15H13NO3S. The van der Waals surface area contributed by atoms with Crippen LogP contribution in [0.25, 0.3) is 0 Å². The van der Waals surface area contributed by atoms with Gasteiger partial charge in [-0.3, -0.25) is 4.79 Å². The van der Waals surface area contributed by atoms with Crippen molar-refractivity contribution in [3.8, 4) is 0 Å². The second-order valence-corrected chi connectivity index (χ2v) is 6.05. The van der Waals surface area contributed by atoms with Gasteiger partial charge in [-0.15, -0.1) is 11.3 Å². The first kappa shape index (κ1) is 12.9. The minimum Gasteiger partial charge on any atom is -0.478 e. The molecule has 3 rings (SSSR count). The summed E-state index contributed by atoms with van der Waals surface area (Å²) in [7, 11) is 0. The van der Waals surface area contributed by atoms with Crippen molar-refractivity contribution in [3.05, 3.63) is 51.2 Å². The van der Waals surface area contributed by atoms with Gasteiger partial charge in [0.1, 0.15) is 0 Å². The van der Waals surface area contributed by atoms with Crippen molar-refractivity contribution in [3.63, 3.8) is 0 Å². The van der Waals surface area contributed by atoms with Crippen LogP contribution in [-0.2, 0) is 6.42 Å². The van der Waals surface area contributed by atoms with Crippen molar-refractivity contribution in [1.82, 2.24) is 0 Å². The molecule has 0 bridgehead atoms. The van der Waals surface area contributed by atoms with Crippen molar-refractivity contribution < 1.29 is 14.7 Å². The summed E-state index contributed by atoms with van der Waals surface area (Å²) in [6.45, 7) is 2.57. The van der Waals surface area contributed by atoms with Crippen molar-refractivity contribution in [2.45, 2.75) is 13.3 Å². The first-order chi connectivity index (χ1) is 9.56. The summed E-state index contributed by atoms with van der Waals surface area (Å²) in [5, 5.41) is 9.06. The number of carbonyl (C=O) groups excluding carboxylic acids is 1. The van der Waals surface area contributed by atoms with Crippen LogP contribution in [0.15, 0.2) is 30.3 Å². The fraction of sp³-hybridized carbons (Fsp3) is 0.200. The third-order valence-electron chi connectivity index (χ3n) is 3.42. The number of carboxylic acid groups (broad SMARTS) is 1. The third kappa shape index (κ3) is 2.10. The van der Waals surface area contributed by atoms with Crippen LogP contribution >= 0.6 is 11.3 Å². The van der Waals surface area contributed by atoms with Crippen LogP contribution in [0.5, 0.6) is 0 Å². The monoisotopic (exact) mass is 287 g/mol. The fourth-order valence-corrected chi connectivity index (χ4v) is 3.22. The second kappa shape index (κ2) is 4.76. The van der Waals surface area contributed by atoms with Gasteiger partial charge in [0.25, 0.3) is 5.91 Å². The first-order valence-corrected chi connectivity index (χ1v) is 7.12. The number of rotatable bonds is 2. The maximum atomic E-state index is 12.5. The van der Waals surface area contributed by atoms with E-state index in [1.807, 2.05) is 19.1 Å². The lowest BCUT2D eigenvalue weighted by molar-refractivity contribution is 0.0696. The molecule has 4 nitrogen and oxygen atoms in total. The summed E-state index contributed by atoms with van der Waals surface area (Å²) < 4.78 is 0. The molecule has 1 amide bonds. The number of carbonyl (C=O) groups is 2. The lowest BCUT2D eigenvalue weighted by Crippen LogP contribution is -2.28. The number of hydrogen-bond acceptors (Lipinski definition) is 3. The predicted octanol–water partition coefficient (Wildman–Crippen LogP) is 2.96. The van der Waals surface area contributed by atoms with E-state index in [2.05, 4.69) is 0 Å². The lowest BCUT2D eigenvalue weighted by atomic mass is 10.1. The van der Waals surface area contributed by atoms with E-state index in [0.717, 1.165) is 22.5 Å². The van der Waals surface area contributed by atoms with Crippen LogP contribution in [0.4, 0.5) is 5.69 Å². The molecule has 0 radical (unpaired) electrons. The Kier molecular flexibility index (Phi) is 3.06. The van der Waals surface area contributed by atoms with Gasteiger partial charge >= 0.3 is 5.97 Å². The first-order valence-electron chi connectivity index (χ1n) is 6.31. The molecule has 0 fully saturated rings. The summed E-state index contributed by atoms with van der Waals surface area (Å²) in [5.74, 6) is -1.02. The molecular weight excluding hydrogens is 274 g/mol. The Bertz CT molecular complexity index is 705. The van der Waals surface area contributed by atoms with Crippen molar-refractivity contribution in [1.29, 1.82) is 0 Å². The summed E-state index contributed by atoms with van der Waals surface area (Å²) in [4.78, 5) is 27.0. The Morgan fingerprint density at radius 2 is 2.05 bits per heavy atom. The number of anilines is 1. The number of hydrogen-bond donors (Lipinski definition) is 1. The number of amides is 1. The van der Waals surface area contributed by atoms with Crippen LogP contribution < -0.4 is 4.90 Å². The second-order valence-electron chi connectivity index (χ2n) is 4.77. The maximum absolute atomic E-state index is 12.5. The topological polar surface area (TPSA) is 57.6 Å². The van der Waals surface area contributed by atoms with Gasteiger partial charge in [0, 0.05) is 17.1 Å². The van der Waals surface area contributed by atoms with E-state index in [1.165, 1.54) is 11.3 Å². The highest BCUT2D eigenvalue weighted by Gasteiger charge is 2.27. The highest BCUT2D eigenvalue weighted by atomic mass is 32.1. The minimum atomic E-state index is -0.973. The molecule has 0 unspecified atom stereocenters. The Hall–Kier alpha value is -2.14. The molecule has 102 valence electrons. The number of benzene rings is 1. The van der Waals surface area contributed by atoms with E-state index >= 15 is 0 Å². The van der Waals surface area contributed by atoms with Crippen molar-refractivity contribution in [2.24, 2.45) is 0 Å². The molecule has 2 aromatic rings. The fourth-order valence-electron chi connectivity index (χ4n) is 2.41. The molecule has 2 heterocycles. The smallest absolute Gasteiger partial charge is 0.335 e. The molecule has 0 spiro atoms. The Labute approximate surface area is 120 Å². The van der Waals surface area contributed by atoms with Gasteiger partial charge in [-0.2, -0.15) is 0 Å². The molecule has 1 aliphatic heterocycles. The van der Waals surface area contributed by atoms with E-state index in [1.54, 1.807) is 23.1 Å². The van der Waals surface area contributed by atoms with Gasteiger partial charge in [0.15, 0.2) is 0 Å². The van der Waals surface area contributed by atoms with Crippen LogP contribution in [0.1, 0.15) is 30.5 Å². The molecule has 1 aliphatic rings. The Morgan fingerprint density at radius 1 is 1.25 bits per heavy atom. The van der Waals surface area contributed by atoms with Crippen LogP contribution in [0, 0.1) is 6.92 Å². The number of aromatic carboxylic acids is 1. The zero-order valence-corrected chi connectivity index (χ0v) is 11.7. The molecule has 1 aromatic heterocycles. The van der Waals surface area contributed by atoms with Gasteiger partial charge < -0.3 is 10.0 Å². The molecule has 1 N–H and O–H groups in total. The summed E-state index contributed by atoms with van der Waals surface area (Å²) >= 11 is 1.46. The van der Waals surface area contributed by atoms with Crippen LogP contribution in [0.2, 0.25) is 0 Å². The van der Waals surface area contributed by atoms with E-state index < -0.39 is 5.97 Å². The molecule has 0 saturated heterocycles. The molecule has 5 heteroatoms. The van der Waals surface area contributed by atoms with Crippen LogP contribution in [0.3, 0.4) is 0 Å². The third-order valence-corrected chi connectivity index (χ3v) is 4.41. The number of carboxylic acids is 1. The average molecular weight is 287 g/mol. The molecule has 0 saturated carbocycles. The van der Waals surface area contributed by atoms with Gasteiger partial charge in [-0.25, -0.2) is 4.79 Å². The maximum Gasteiger partial charge on any atom is 0.335 e. The Morgan fingerprint density at radius 3 is 2.70 bits per heavy atom. The minimum absolute atomic E-state index is 0.0515. The average Bonchev–Trinajstić information content (AvgIpc) is 3.03. The van der Waals surface area contributed by atoms with E-state index in [9.17, 15) is 9.59 Å². The Balaban J connectivity index is 1.97. The van der Waals surface area contributed by atoms with Gasteiger partial charge in [-0.05, 0) is 43.2 Å². The summed E-state index contributed by atoms with van der Waals surface area (Å²) in [6, 6.07) is 8.71. The molecule has 20 heavy (non-hydrogen) atoms. The molecule has 0 aliphatic carbocycles. The summed E-state index contributed by atoms with van der Waals surface area (Å²) in [5.41, 5.74) is 1.96. The lowest BCUT2D eigenvalue weighted by Gasteiger charge is -2.16. The normalized spacial score (nSPS) is 13.3. The quantitative estimate of drug-likeness (QED) is 0.924. The van der Waals surface area contributed by atoms with E-state index in [0.29, 0.717) is 11.4 Å². The van der Waals surface area contributed by atoms with E-state index in [4.69, 9.17) is 5.11 Å². The highest BCUT2D eigenvalue weighted by Crippen LogP contribution is 2.31. The largest absolute Gasteiger partial charge is 0.478 e. The number of nitrogens with zero attached hydrogens (tertiary/aromatic N) is 1. The number of aryl methyl sites for hydroxylation is 1. The zero-order chi connectivity index (χ0) is 14.3. The number of fused-ring (bicyclic) bond motifs is 1. The SMILES string of the molecule is Cc1ccc(C(=O)N2CCc3ccc(C(=O)O)cc32)s1. The van der Waals surface area contributed by atoms with Gasteiger partial charge in [-0.1, -0.05) is 6.07 Å². The summed E-state index contributed by atoms with van der Waals surface area (Å²) in [6.07, 6.45) is 0.769. The van der Waals surface area contributed by atoms with Gasteiger partial charge in [0.05, 0.1) is 10.4 Å².